The maximum Gasteiger partial charge on any atom is 0.106 e. The van der Waals surface area contributed by atoms with E-state index in [2.05, 4.69) is 13.0 Å². The van der Waals surface area contributed by atoms with E-state index >= 15 is 0 Å². The third-order valence-corrected chi connectivity index (χ3v) is 3.52. The second-order valence-corrected chi connectivity index (χ2v) is 4.90. The molecule has 5 atom stereocenters. The van der Waals surface area contributed by atoms with Gasteiger partial charge in [0, 0.05) is 12.5 Å². The summed E-state index contributed by atoms with van der Waals surface area (Å²) in [7, 11) is 0. The van der Waals surface area contributed by atoms with Gasteiger partial charge >= 0.3 is 0 Å². The Morgan fingerprint density at radius 3 is 2.44 bits per heavy atom. The quantitative estimate of drug-likeness (QED) is 0.543. The van der Waals surface area contributed by atoms with E-state index in [9.17, 15) is 20.4 Å². The van der Waals surface area contributed by atoms with Gasteiger partial charge in [0.1, 0.15) is 6.10 Å². The first-order chi connectivity index (χ1) is 8.61. The average molecular weight is 256 g/mol. The number of hydrogen-bond donors (Lipinski definition) is 4. The zero-order chi connectivity index (χ0) is 13.5. The smallest absolute Gasteiger partial charge is 0.106 e. The molecule has 1 aliphatic rings. The van der Waals surface area contributed by atoms with E-state index in [0.717, 1.165) is 12.8 Å². The van der Waals surface area contributed by atoms with Gasteiger partial charge in [0.15, 0.2) is 0 Å². The van der Waals surface area contributed by atoms with E-state index < -0.39 is 24.2 Å². The van der Waals surface area contributed by atoms with Gasteiger partial charge in [-0.1, -0.05) is 37.6 Å². The van der Waals surface area contributed by atoms with Crippen LogP contribution in [0.25, 0.3) is 0 Å². The molecule has 0 spiro atoms. The summed E-state index contributed by atoms with van der Waals surface area (Å²) >= 11 is 0. The number of rotatable bonds is 5. The normalized spacial score (nSPS) is 37.7. The predicted molar refractivity (Wildman–Crippen MR) is 69.9 cm³/mol. The van der Waals surface area contributed by atoms with Crippen molar-refractivity contribution >= 4 is 0 Å². The highest BCUT2D eigenvalue weighted by Gasteiger charge is 2.41. The van der Waals surface area contributed by atoms with Crippen LogP contribution in [0, 0.1) is 11.8 Å². The molecule has 0 unspecified atom stereocenters. The van der Waals surface area contributed by atoms with Crippen molar-refractivity contribution in [1.82, 2.24) is 0 Å². The topological polar surface area (TPSA) is 80.9 Å². The van der Waals surface area contributed by atoms with Crippen molar-refractivity contribution in [3.05, 3.63) is 24.3 Å². The van der Waals surface area contributed by atoms with Crippen molar-refractivity contribution < 1.29 is 20.4 Å². The van der Waals surface area contributed by atoms with Crippen LogP contribution in [0.3, 0.4) is 0 Å². The van der Waals surface area contributed by atoms with Crippen molar-refractivity contribution in [3.8, 4) is 0 Å². The van der Waals surface area contributed by atoms with Gasteiger partial charge in [-0.2, -0.15) is 0 Å². The SMILES string of the molecule is CCC/C=C/C=C/[C@@H]1C[C@H](O)[C@H](O)[C@H](O)[C@@H]1CO. The van der Waals surface area contributed by atoms with Gasteiger partial charge in [-0.25, -0.2) is 0 Å². The lowest BCUT2D eigenvalue weighted by molar-refractivity contribution is -0.131. The van der Waals surface area contributed by atoms with Crippen molar-refractivity contribution in [2.75, 3.05) is 6.61 Å². The first kappa shape index (κ1) is 15.4. The number of aliphatic hydroxyl groups excluding tert-OH is 4. The molecule has 0 saturated heterocycles. The Hall–Kier alpha value is -0.680. The minimum atomic E-state index is -1.16. The van der Waals surface area contributed by atoms with Gasteiger partial charge in [-0.15, -0.1) is 0 Å². The number of aliphatic hydroxyl groups is 4. The van der Waals surface area contributed by atoms with E-state index in [1.165, 1.54) is 0 Å². The summed E-state index contributed by atoms with van der Waals surface area (Å²) in [5.41, 5.74) is 0. The highest BCUT2D eigenvalue weighted by atomic mass is 16.4. The van der Waals surface area contributed by atoms with Gasteiger partial charge in [-0.3, -0.25) is 0 Å². The van der Waals surface area contributed by atoms with Crippen LogP contribution in [0.15, 0.2) is 24.3 Å². The molecule has 1 rings (SSSR count). The Kier molecular flexibility index (Phi) is 6.57. The predicted octanol–water partition coefficient (Wildman–Crippen LogP) is 0.610. The maximum absolute atomic E-state index is 9.80. The van der Waals surface area contributed by atoms with Crippen LogP contribution in [-0.4, -0.2) is 45.3 Å². The molecular formula is C14H24O4. The van der Waals surface area contributed by atoms with Crippen LogP contribution in [0.1, 0.15) is 26.2 Å². The Bertz CT molecular complexity index is 288. The molecule has 4 nitrogen and oxygen atoms in total. The molecule has 0 heterocycles. The van der Waals surface area contributed by atoms with E-state index in [1.54, 1.807) is 0 Å². The zero-order valence-corrected chi connectivity index (χ0v) is 10.8. The largest absolute Gasteiger partial charge is 0.396 e. The highest BCUT2D eigenvalue weighted by molar-refractivity contribution is 5.08. The van der Waals surface area contributed by atoms with Crippen LogP contribution in [0.2, 0.25) is 0 Å². The van der Waals surface area contributed by atoms with Crippen LogP contribution >= 0.6 is 0 Å². The molecule has 104 valence electrons. The second kappa shape index (κ2) is 7.69. The molecule has 0 aromatic rings. The number of allylic oxidation sites excluding steroid dienone is 4. The molecule has 0 radical (unpaired) electrons. The monoisotopic (exact) mass is 256 g/mol. The fourth-order valence-corrected chi connectivity index (χ4v) is 2.34. The average Bonchev–Trinajstić information content (AvgIpc) is 2.36. The Balaban J connectivity index is 2.62. The summed E-state index contributed by atoms with van der Waals surface area (Å²) in [5, 5.41) is 38.3. The van der Waals surface area contributed by atoms with Crippen molar-refractivity contribution in [2.45, 2.75) is 44.5 Å². The molecule has 0 aromatic heterocycles. The molecule has 1 fully saturated rings. The lowest BCUT2D eigenvalue weighted by Gasteiger charge is -2.39. The van der Waals surface area contributed by atoms with E-state index in [0.29, 0.717) is 6.42 Å². The minimum Gasteiger partial charge on any atom is -0.396 e. The Morgan fingerprint density at radius 1 is 1.11 bits per heavy atom. The fraction of sp³-hybridized carbons (Fsp3) is 0.714. The van der Waals surface area contributed by atoms with Crippen molar-refractivity contribution in [2.24, 2.45) is 11.8 Å². The van der Waals surface area contributed by atoms with Gasteiger partial charge < -0.3 is 20.4 Å². The first-order valence-electron chi connectivity index (χ1n) is 6.60. The summed E-state index contributed by atoms with van der Waals surface area (Å²) in [6.45, 7) is 1.91. The van der Waals surface area contributed by atoms with Crippen LogP contribution in [-0.2, 0) is 0 Å². The summed E-state index contributed by atoms with van der Waals surface area (Å²) in [6, 6.07) is 0. The lowest BCUT2D eigenvalue weighted by atomic mass is 9.74. The fourth-order valence-electron chi connectivity index (χ4n) is 2.34. The summed E-state index contributed by atoms with van der Waals surface area (Å²) in [4.78, 5) is 0. The molecule has 0 amide bonds. The molecule has 4 N–H and O–H groups in total. The minimum absolute atomic E-state index is 0.116. The van der Waals surface area contributed by atoms with Crippen molar-refractivity contribution in [3.63, 3.8) is 0 Å². The molecule has 4 heteroatoms. The Labute approximate surface area is 108 Å². The molecule has 18 heavy (non-hydrogen) atoms. The number of hydrogen-bond acceptors (Lipinski definition) is 4. The maximum atomic E-state index is 9.80. The molecular weight excluding hydrogens is 232 g/mol. The molecule has 0 bridgehead atoms. The third kappa shape index (κ3) is 3.92. The van der Waals surface area contributed by atoms with E-state index in [1.807, 2.05) is 18.2 Å². The first-order valence-corrected chi connectivity index (χ1v) is 6.60. The Morgan fingerprint density at radius 2 is 1.83 bits per heavy atom. The molecule has 0 aliphatic heterocycles. The standard InChI is InChI=1S/C14H24O4/c1-2-3-4-5-6-7-10-8-12(16)14(18)13(17)11(10)9-15/h4-7,10-18H,2-3,8-9H2,1H3/b5-4+,7-6+/t10-,11-,12+,13-,14+/m1/s1. The van der Waals surface area contributed by atoms with Crippen molar-refractivity contribution in [1.29, 1.82) is 0 Å². The van der Waals surface area contributed by atoms with E-state index in [-0.39, 0.29) is 12.5 Å². The van der Waals surface area contributed by atoms with E-state index in [4.69, 9.17) is 0 Å². The summed E-state index contributed by atoms with van der Waals surface area (Å²) in [5.74, 6) is -0.533. The zero-order valence-electron chi connectivity index (χ0n) is 10.8. The summed E-state index contributed by atoms with van der Waals surface area (Å²) in [6.07, 6.45) is 7.04. The summed E-state index contributed by atoms with van der Waals surface area (Å²) < 4.78 is 0. The van der Waals surface area contributed by atoms with Crippen LogP contribution < -0.4 is 0 Å². The molecule has 1 aliphatic carbocycles. The van der Waals surface area contributed by atoms with Gasteiger partial charge in [0.05, 0.1) is 12.2 Å². The lowest BCUT2D eigenvalue weighted by Crippen LogP contribution is -2.51. The van der Waals surface area contributed by atoms with Crippen LogP contribution in [0.4, 0.5) is 0 Å². The van der Waals surface area contributed by atoms with Gasteiger partial charge in [0.2, 0.25) is 0 Å². The molecule has 1 saturated carbocycles. The molecule has 0 aromatic carbocycles. The van der Waals surface area contributed by atoms with Crippen LogP contribution in [0.5, 0.6) is 0 Å². The van der Waals surface area contributed by atoms with Gasteiger partial charge in [-0.05, 0) is 18.8 Å². The highest BCUT2D eigenvalue weighted by Crippen LogP contribution is 2.31. The second-order valence-electron chi connectivity index (χ2n) is 4.90. The number of unbranched alkanes of at least 4 members (excludes halogenated alkanes) is 1. The third-order valence-electron chi connectivity index (χ3n) is 3.52. The van der Waals surface area contributed by atoms with Gasteiger partial charge in [0.25, 0.3) is 0 Å².